The molecule has 1 saturated carbocycles. The van der Waals surface area contributed by atoms with E-state index in [9.17, 15) is 9.59 Å². The van der Waals surface area contributed by atoms with Crippen LogP contribution >= 0.6 is 0 Å². The number of pyridine rings is 1. The Morgan fingerprint density at radius 2 is 2.00 bits per heavy atom. The molecule has 2 aromatic rings. The maximum absolute atomic E-state index is 12.4. The summed E-state index contributed by atoms with van der Waals surface area (Å²) in [5.41, 5.74) is 0.196. The Morgan fingerprint density at radius 1 is 1.24 bits per heavy atom. The molecule has 0 unspecified atom stereocenters. The predicted molar refractivity (Wildman–Crippen MR) is 78.8 cm³/mol. The van der Waals surface area contributed by atoms with Crippen LogP contribution in [0.4, 0.5) is 0 Å². The molecule has 1 fully saturated rings. The van der Waals surface area contributed by atoms with Gasteiger partial charge < -0.3 is 15.6 Å². The third kappa shape index (κ3) is 2.37. The van der Waals surface area contributed by atoms with Crippen molar-refractivity contribution in [3.05, 3.63) is 30.1 Å². The van der Waals surface area contributed by atoms with Crippen molar-refractivity contribution in [2.24, 2.45) is 0 Å². The maximum Gasteiger partial charge on any atom is 0.270 e. The van der Waals surface area contributed by atoms with Gasteiger partial charge in [-0.25, -0.2) is 4.98 Å². The molecule has 1 aliphatic rings. The second-order valence-corrected chi connectivity index (χ2v) is 5.43. The number of likely N-dealkylation sites (N-methyl/N-ethyl adjacent to an activating group) is 1. The molecule has 2 heterocycles. The zero-order chi connectivity index (χ0) is 14.9. The highest BCUT2D eigenvalue weighted by atomic mass is 16.2. The molecular formula is C15H18N4O2. The number of nitrogens with zero attached hydrogens (tertiary/aromatic N) is 1. The van der Waals surface area contributed by atoms with Crippen LogP contribution < -0.4 is 10.6 Å². The summed E-state index contributed by atoms with van der Waals surface area (Å²) >= 11 is 0. The molecular weight excluding hydrogens is 268 g/mol. The van der Waals surface area contributed by atoms with E-state index in [2.05, 4.69) is 20.6 Å². The van der Waals surface area contributed by atoms with Gasteiger partial charge in [0.2, 0.25) is 5.91 Å². The standard InChI is InChI=1S/C15H18N4O2/c1-16-14(21)15(7-2-3-8-15)19-13(20)11-5-4-10-6-9-17-12(10)18-11/h4-6,9H,2-3,7-8H2,1H3,(H,16,21)(H,17,18)(H,19,20). The third-order valence-corrected chi connectivity index (χ3v) is 4.11. The molecule has 1 aliphatic carbocycles. The molecule has 110 valence electrons. The van der Waals surface area contributed by atoms with E-state index in [1.807, 2.05) is 12.1 Å². The van der Waals surface area contributed by atoms with Crippen molar-refractivity contribution < 1.29 is 9.59 Å². The van der Waals surface area contributed by atoms with Crippen molar-refractivity contribution in [1.82, 2.24) is 20.6 Å². The van der Waals surface area contributed by atoms with Gasteiger partial charge in [0.25, 0.3) is 5.91 Å². The van der Waals surface area contributed by atoms with Crippen LogP contribution in [0.25, 0.3) is 11.0 Å². The van der Waals surface area contributed by atoms with Crippen molar-refractivity contribution in [2.45, 2.75) is 31.2 Å². The summed E-state index contributed by atoms with van der Waals surface area (Å²) in [4.78, 5) is 31.8. The van der Waals surface area contributed by atoms with Crippen molar-refractivity contribution >= 4 is 22.8 Å². The van der Waals surface area contributed by atoms with Gasteiger partial charge in [-0.2, -0.15) is 0 Å². The predicted octanol–water partition coefficient (Wildman–Crippen LogP) is 1.35. The lowest BCUT2D eigenvalue weighted by atomic mass is 9.96. The summed E-state index contributed by atoms with van der Waals surface area (Å²) in [5.74, 6) is -0.439. The van der Waals surface area contributed by atoms with E-state index in [1.54, 1.807) is 19.3 Å². The van der Waals surface area contributed by atoms with Gasteiger partial charge in [0.1, 0.15) is 16.9 Å². The number of aromatic amines is 1. The zero-order valence-corrected chi connectivity index (χ0v) is 11.9. The number of H-pyrrole nitrogens is 1. The molecule has 3 rings (SSSR count). The minimum atomic E-state index is -0.793. The van der Waals surface area contributed by atoms with Crippen LogP contribution in [0.1, 0.15) is 36.2 Å². The van der Waals surface area contributed by atoms with Gasteiger partial charge in [0.15, 0.2) is 0 Å². The summed E-state index contributed by atoms with van der Waals surface area (Å²) in [6.45, 7) is 0. The Hall–Kier alpha value is -2.37. The number of nitrogens with one attached hydrogen (secondary N) is 3. The van der Waals surface area contributed by atoms with Crippen molar-refractivity contribution in [3.8, 4) is 0 Å². The Balaban J connectivity index is 1.85. The van der Waals surface area contributed by atoms with Crippen molar-refractivity contribution in [2.75, 3.05) is 7.05 Å². The molecule has 2 amide bonds. The number of aromatic nitrogens is 2. The normalized spacial score (nSPS) is 16.8. The van der Waals surface area contributed by atoms with E-state index in [-0.39, 0.29) is 11.8 Å². The van der Waals surface area contributed by atoms with Crippen LogP contribution in [-0.4, -0.2) is 34.4 Å². The number of hydrogen-bond donors (Lipinski definition) is 3. The zero-order valence-electron chi connectivity index (χ0n) is 11.9. The average Bonchev–Trinajstić information content (AvgIpc) is 3.14. The summed E-state index contributed by atoms with van der Waals surface area (Å²) in [6, 6.07) is 5.42. The lowest BCUT2D eigenvalue weighted by Gasteiger charge is -2.28. The summed E-state index contributed by atoms with van der Waals surface area (Å²) in [5, 5.41) is 6.49. The Kier molecular flexibility index (Phi) is 3.37. The van der Waals surface area contributed by atoms with Crippen LogP contribution in [0.3, 0.4) is 0 Å². The summed E-state index contributed by atoms with van der Waals surface area (Å²) < 4.78 is 0. The highest BCUT2D eigenvalue weighted by Crippen LogP contribution is 2.30. The highest BCUT2D eigenvalue weighted by Gasteiger charge is 2.42. The van der Waals surface area contributed by atoms with E-state index in [4.69, 9.17) is 0 Å². The van der Waals surface area contributed by atoms with E-state index in [0.29, 0.717) is 24.2 Å². The fourth-order valence-electron chi connectivity index (χ4n) is 2.96. The molecule has 6 nitrogen and oxygen atoms in total. The van der Waals surface area contributed by atoms with Crippen LogP contribution in [0.15, 0.2) is 24.4 Å². The van der Waals surface area contributed by atoms with Crippen LogP contribution in [0.5, 0.6) is 0 Å². The number of fused-ring (bicyclic) bond motifs is 1. The molecule has 3 N–H and O–H groups in total. The fraction of sp³-hybridized carbons (Fsp3) is 0.400. The maximum atomic E-state index is 12.4. The molecule has 0 aliphatic heterocycles. The molecule has 0 radical (unpaired) electrons. The number of amides is 2. The first-order chi connectivity index (χ1) is 10.1. The number of hydrogen-bond acceptors (Lipinski definition) is 3. The molecule has 0 bridgehead atoms. The van der Waals surface area contributed by atoms with Gasteiger partial charge >= 0.3 is 0 Å². The van der Waals surface area contributed by atoms with Crippen molar-refractivity contribution in [1.29, 1.82) is 0 Å². The SMILES string of the molecule is CNC(=O)C1(NC(=O)c2ccc3cc[nH]c3n2)CCCC1. The van der Waals surface area contributed by atoms with Gasteiger partial charge in [-0.05, 0) is 31.0 Å². The molecule has 0 saturated heterocycles. The number of carbonyl (C=O) groups is 2. The number of carbonyl (C=O) groups excluding carboxylic acids is 2. The van der Waals surface area contributed by atoms with Crippen LogP contribution in [0.2, 0.25) is 0 Å². The largest absolute Gasteiger partial charge is 0.357 e. The minimum absolute atomic E-state index is 0.130. The first kappa shape index (κ1) is 13.6. The Bertz CT molecular complexity index is 686. The topological polar surface area (TPSA) is 86.9 Å². The minimum Gasteiger partial charge on any atom is -0.357 e. The molecule has 6 heteroatoms. The summed E-state index contributed by atoms with van der Waals surface area (Å²) in [6.07, 6.45) is 5.00. The second-order valence-electron chi connectivity index (χ2n) is 5.43. The average molecular weight is 286 g/mol. The van der Waals surface area contributed by atoms with Crippen LogP contribution in [0, 0.1) is 0 Å². The van der Waals surface area contributed by atoms with E-state index >= 15 is 0 Å². The van der Waals surface area contributed by atoms with Gasteiger partial charge in [-0.15, -0.1) is 0 Å². The highest BCUT2D eigenvalue weighted by molar-refractivity contribution is 5.99. The van der Waals surface area contributed by atoms with E-state index in [1.165, 1.54) is 0 Å². The molecule has 0 aromatic carbocycles. The lowest BCUT2D eigenvalue weighted by Crippen LogP contribution is -2.56. The second kappa shape index (κ2) is 5.20. The Labute approximate surface area is 122 Å². The number of rotatable bonds is 3. The smallest absolute Gasteiger partial charge is 0.270 e. The first-order valence-electron chi connectivity index (χ1n) is 7.13. The summed E-state index contributed by atoms with van der Waals surface area (Å²) in [7, 11) is 1.60. The quantitative estimate of drug-likeness (QED) is 0.796. The monoisotopic (exact) mass is 286 g/mol. The molecule has 21 heavy (non-hydrogen) atoms. The molecule has 0 atom stereocenters. The van der Waals surface area contributed by atoms with Gasteiger partial charge in [0.05, 0.1) is 0 Å². The molecule has 2 aromatic heterocycles. The molecule has 0 spiro atoms. The third-order valence-electron chi connectivity index (χ3n) is 4.11. The van der Waals surface area contributed by atoms with E-state index < -0.39 is 5.54 Å². The lowest BCUT2D eigenvalue weighted by molar-refractivity contribution is -0.126. The fourth-order valence-corrected chi connectivity index (χ4v) is 2.96. The van der Waals surface area contributed by atoms with Gasteiger partial charge in [-0.3, -0.25) is 9.59 Å². The van der Waals surface area contributed by atoms with Gasteiger partial charge in [0, 0.05) is 18.6 Å². The Morgan fingerprint density at radius 3 is 2.71 bits per heavy atom. The van der Waals surface area contributed by atoms with Crippen molar-refractivity contribution in [3.63, 3.8) is 0 Å². The first-order valence-corrected chi connectivity index (χ1v) is 7.13. The van der Waals surface area contributed by atoms with E-state index in [0.717, 1.165) is 18.2 Å². The van der Waals surface area contributed by atoms with Gasteiger partial charge in [-0.1, -0.05) is 12.8 Å². The van der Waals surface area contributed by atoms with Crippen LogP contribution in [-0.2, 0) is 4.79 Å².